The van der Waals surface area contributed by atoms with Gasteiger partial charge in [0, 0.05) is 5.56 Å². The van der Waals surface area contributed by atoms with Crippen LogP contribution >= 0.6 is 11.7 Å². The number of rotatable bonds is 6. The third-order valence-electron chi connectivity index (χ3n) is 2.72. The zero-order valence-corrected chi connectivity index (χ0v) is 11.4. The van der Waals surface area contributed by atoms with Gasteiger partial charge < -0.3 is 10.1 Å². The number of nitrogens with zero attached hydrogens (tertiary/aromatic N) is 2. The molecule has 2 rings (SSSR count). The molecule has 0 saturated heterocycles. The number of nitrogens with one attached hydrogen (secondary N) is 1. The van der Waals surface area contributed by atoms with Crippen LogP contribution in [-0.4, -0.2) is 22.4 Å². The molecule has 96 valence electrons. The fourth-order valence-electron chi connectivity index (χ4n) is 1.87. The molecule has 18 heavy (non-hydrogen) atoms. The van der Waals surface area contributed by atoms with Gasteiger partial charge in [-0.25, -0.2) is 0 Å². The molecule has 0 radical (unpaired) electrons. The Morgan fingerprint density at radius 2 is 2.22 bits per heavy atom. The van der Waals surface area contributed by atoms with Gasteiger partial charge in [0.2, 0.25) is 0 Å². The standard InChI is InChI=1S/C13H17N3OS/c1-3-8-14-13(11-9-15-18-16-11)10-6-4-5-7-12(10)17-2/h4-7,9,13-14H,3,8H2,1-2H3. The Morgan fingerprint density at radius 3 is 2.89 bits per heavy atom. The monoisotopic (exact) mass is 263 g/mol. The topological polar surface area (TPSA) is 47.0 Å². The lowest BCUT2D eigenvalue weighted by Crippen LogP contribution is -2.23. The van der Waals surface area contributed by atoms with Crippen LogP contribution in [0.3, 0.4) is 0 Å². The van der Waals surface area contributed by atoms with Gasteiger partial charge in [-0.05, 0) is 19.0 Å². The summed E-state index contributed by atoms with van der Waals surface area (Å²) in [6.45, 7) is 3.08. The molecule has 4 nitrogen and oxygen atoms in total. The highest BCUT2D eigenvalue weighted by atomic mass is 32.1. The van der Waals surface area contributed by atoms with Crippen LogP contribution in [0.25, 0.3) is 0 Å². The smallest absolute Gasteiger partial charge is 0.124 e. The highest BCUT2D eigenvalue weighted by Crippen LogP contribution is 2.28. The number of para-hydroxylation sites is 1. The van der Waals surface area contributed by atoms with Gasteiger partial charge in [-0.2, -0.15) is 8.75 Å². The molecule has 2 aromatic rings. The second-order valence-corrected chi connectivity index (χ2v) is 4.52. The summed E-state index contributed by atoms with van der Waals surface area (Å²) in [6.07, 6.45) is 2.88. The van der Waals surface area contributed by atoms with Crippen molar-refractivity contribution >= 4 is 11.7 Å². The van der Waals surface area contributed by atoms with Crippen molar-refractivity contribution in [3.8, 4) is 5.75 Å². The largest absolute Gasteiger partial charge is 0.496 e. The van der Waals surface area contributed by atoms with E-state index in [1.165, 1.54) is 11.7 Å². The summed E-state index contributed by atoms with van der Waals surface area (Å²) >= 11 is 1.23. The van der Waals surface area contributed by atoms with E-state index in [0.717, 1.165) is 30.0 Å². The Morgan fingerprint density at radius 1 is 1.39 bits per heavy atom. The molecule has 0 amide bonds. The van der Waals surface area contributed by atoms with Gasteiger partial charge in [-0.3, -0.25) is 0 Å². The van der Waals surface area contributed by atoms with Gasteiger partial charge in [0.05, 0.1) is 36.8 Å². The van der Waals surface area contributed by atoms with E-state index in [1.54, 1.807) is 7.11 Å². The minimum atomic E-state index is 0.0415. The minimum absolute atomic E-state index is 0.0415. The van der Waals surface area contributed by atoms with E-state index in [0.29, 0.717) is 0 Å². The molecule has 5 heteroatoms. The number of hydrogen-bond donors (Lipinski definition) is 1. The van der Waals surface area contributed by atoms with Gasteiger partial charge in [-0.1, -0.05) is 25.1 Å². The maximum absolute atomic E-state index is 5.42. The molecule has 0 spiro atoms. The molecular formula is C13H17N3OS. The number of aromatic nitrogens is 2. The van der Waals surface area contributed by atoms with Crippen LogP contribution in [0.5, 0.6) is 5.75 Å². The molecule has 1 N–H and O–H groups in total. The van der Waals surface area contributed by atoms with E-state index in [4.69, 9.17) is 4.74 Å². The second-order valence-electron chi connectivity index (χ2n) is 3.96. The Balaban J connectivity index is 2.33. The molecule has 1 heterocycles. The van der Waals surface area contributed by atoms with Crippen molar-refractivity contribution in [3.63, 3.8) is 0 Å². The average Bonchev–Trinajstić information content (AvgIpc) is 2.94. The summed E-state index contributed by atoms with van der Waals surface area (Å²) < 4.78 is 13.8. The van der Waals surface area contributed by atoms with E-state index >= 15 is 0 Å². The van der Waals surface area contributed by atoms with Crippen molar-refractivity contribution < 1.29 is 4.74 Å². The quantitative estimate of drug-likeness (QED) is 0.870. The molecule has 0 aliphatic heterocycles. The molecule has 1 unspecified atom stereocenters. The molecule has 1 atom stereocenters. The number of ether oxygens (including phenoxy) is 1. The highest BCUT2D eigenvalue weighted by molar-refractivity contribution is 6.99. The second kappa shape index (κ2) is 6.47. The third-order valence-corrected chi connectivity index (χ3v) is 3.21. The van der Waals surface area contributed by atoms with E-state index < -0.39 is 0 Å². The zero-order chi connectivity index (χ0) is 12.8. The lowest BCUT2D eigenvalue weighted by Gasteiger charge is -2.19. The van der Waals surface area contributed by atoms with Crippen LogP contribution in [-0.2, 0) is 0 Å². The van der Waals surface area contributed by atoms with E-state index in [2.05, 4.69) is 27.1 Å². The third kappa shape index (κ3) is 2.86. The minimum Gasteiger partial charge on any atom is -0.496 e. The van der Waals surface area contributed by atoms with Gasteiger partial charge in [0.1, 0.15) is 5.75 Å². The first-order valence-corrected chi connectivity index (χ1v) is 6.73. The number of benzene rings is 1. The van der Waals surface area contributed by atoms with E-state index in [9.17, 15) is 0 Å². The van der Waals surface area contributed by atoms with Crippen molar-refractivity contribution in [2.45, 2.75) is 19.4 Å². The fraction of sp³-hybridized carbons (Fsp3) is 0.385. The molecule has 1 aromatic carbocycles. The van der Waals surface area contributed by atoms with Gasteiger partial charge in [0.15, 0.2) is 0 Å². The summed E-state index contributed by atoms with van der Waals surface area (Å²) in [5.74, 6) is 0.874. The predicted octanol–water partition coefficient (Wildman–Crippen LogP) is 2.64. The van der Waals surface area contributed by atoms with E-state index in [-0.39, 0.29) is 6.04 Å². The van der Waals surface area contributed by atoms with Crippen molar-refractivity contribution in [2.24, 2.45) is 0 Å². The summed E-state index contributed by atoms with van der Waals surface area (Å²) in [7, 11) is 1.69. The predicted molar refractivity (Wildman–Crippen MR) is 73.0 cm³/mol. The summed E-state index contributed by atoms with van der Waals surface area (Å²) in [6, 6.07) is 8.05. The van der Waals surface area contributed by atoms with E-state index in [1.807, 2.05) is 24.4 Å². The van der Waals surface area contributed by atoms with Crippen molar-refractivity contribution in [2.75, 3.05) is 13.7 Å². The fourth-order valence-corrected chi connectivity index (χ4v) is 2.32. The Hall–Kier alpha value is -1.46. The Bertz CT molecular complexity index is 473. The summed E-state index contributed by atoms with van der Waals surface area (Å²) in [4.78, 5) is 0. The van der Waals surface area contributed by atoms with Crippen LogP contribution in [0.1, 0.15) is 30.6 Å². The first-order chi connectivity index (χ1) is 8.86. The van der Waals surface area contributed by atoms with Crippen LogP contribution in [0.4, 0.5) is 0 Å². The molecule has 0 fully saturated rings. The van der Waals surface area contributed by atoms with Gasteiger partial charge in [-0.15, -0.1) is 0 Å². The molecule has 0 bridgehead atoms. The lowest BCUT2D eigenvalue weighted by atomic mass is 10.0. The highest BCUT2D eigenvalue weighted by Gasteiger charge is 2.19. The van der Waals surface area contributed by atoms with Crippen molar-refractivity contribution in [1.82, 2.24) is 14.1 Å². The maximum atomic E-state index is 5.42. The normalized spacial score (nSPS) is 12.3. The average molecular weight is 263 g/mol. The summed E-state index contributed by atoms with van der Waals surface area (Å²) in [5.41, 5.74) is 2.04. The van der Waals surface area contributed by atoms with Crippen molar-refractivity contribution in [3.05, 3.63) is 41.7 Å². The Kier molecular flexibility index (Phi) is 4.66. The molecule has 0 aliphatic carbocycles. The molecular weight excluding hydrogens is 246 g/mol. The van der Waals surface area contributed by atoms with Crippen LogP contribution in [0.15, 0.2) is 30.5 Å². The van der Waals surface area contributed by atoms with Gasteiger partial charge in [0.25, 0.3) is 0 Å². The van der Waals surface area contributed by atoms with Gasteiger partial charge >= 0.3 is 0 Å². The molecule has 1 aromatic heterocycles. The first-order valence-electron chi connectivity index (χ1n) is 6.00. The SMILES string of the molecule is CCCNC(c1cnsn1)c1ccccc1OC. The maximum Gasteiger partial charge on any atom is 0.124 e. The first kappa shape index (κ1) is 13.0. The van der Waals surface area contributed by atoms with Crippen LogP contribution in [0, 0.1) is 0 Å². The van der Waals surface area contributed by atoms with Crippen molar-refractivity contribution in [1.29, 1.82) is 0 Å². The molecule has 0 aliphatic rings. The lowest BCUT2D eigenvalue weighted by molar-refractivity contribution is 0.403. The zero-order valence-electron chi connectivity index (χ0n) is 10.6. The molecule has 0 saturated carbocycles. The number of hydrogen-bond acceptors (Lipinski definition) is 5. The van der Waals surface area contributed by atoms with Crippen LogP contribution in [0.2, 0.25) is 0 Å². The van der Waals surface area contributed by atoms with Crippen LogP contribution < -0.4 is 10.1 Å². The summed E-state index contributed by atoms with van der Waals surface area (Å²) in [5, 5.41) is 3.49. The number of methoxy groups -OCH3 is 1. The Labute approximate surface area is 111 Å².